The molecule has 1 aliphatic heterocycles. The zero-order chi connectivity index (χ0) is 17.4. The van der Waals surface area contributed by atoms with Gasteiger partial charge in [-0.3, -0.25) is 9.59 Å². The molecule has 1 atom stereocenters. The average molecular weight is 344 g/mol. The minimum Gasteiger partial charge on any atom is -0.446 e. The molecule has 2 amide bonds. The van der Waals surface area contributed by atoms with Gasteiger partial charge in [0.1, 0.15) is 0 Å². The third-order valence-electron chi connectivity index (χ3n) is 3.75. The van der Waals surface area contributed by atoms with Crippen molar-refractivity contribution in [1.82, 2.24) is 0 Å². The van der Waals surface area contributed by atoms with Crippen molar-refractivity contribution >= 4 is 29.2 Å². The van der Waals surface area contributed by atoms with Crippen molar-refractivity contribution < 1.29 is 19.1 Å². The Morgan fingerprint density at radius 2 is 1.88 bits per heavy atom. The number of fused-ring (bicyclic) bond motifs is 1. The molecule has 3 rings (SSSR count). The summed E-state index contributed by atoms with van der Waals surface area (Å²) in [6.45, 7) is 3.77. The third-order valence-corrected chi connectivity index (χ3v) is 4.98. The number of nitrogens with two attached hydrogens (primary N) is 2. The van der Waals surface area contributed by atoms with Gasteiger partial charge < -0.3 is 20.9 Å². The standard InChI is InChI=1S/C17H16N2O4S/c1-8-9(2)24-15(14(8)16(19)21)17-22-11-5-3-10(4-6-13(18)20)7-12(11)23-17/h3-7,17H,1-2H3,(H2,18,20)(H2,19,21). The summed E-state index contributed by atoms with van der Waals surface area (Å²) in [5.74, 6) is 0.0716. The van der Waals surface area contributed by atoms with E-state index in [1.165, 1.54) is 17.4 Å². The lowest BCUT2D eigenvalue weighted by Gasteiger charge is -2.09. The second-order valence-corrected chi connectivity index (χ2v) is 6.65. The van der Waals surface area contributed by atoms with Gasteiger partial charge in [-0.25, -0.2) is 0 Å². The van der Waals surface area contributed by atoms with Crippen LogP contribution in [-0.2, 0) is 4.79 Å². The number of thiophene rings is 1. The fourth-order valence-electron chi connectivity index (χ4n) is 2.48. The number of carbonyl (C=O) groups excluding carboxylic acids is 2. The van der Waals surface area contributed by atoms with Gasteiger partial charge in [-0.15, -0.1) is 11.3 Å². The van der Waals surface area contributed by atoms with Gasteiger partial charge in [0.15, 0.2) is 11.5 Å². The average Bonchev–Trinajstić information content (AvgIpc) is 3.06. The minimum atomic E-state index is -0.713. The van der Waals surface area contributed by atoms with Crippen LogP contribution in [0.5, 0.6) is 11.5 Å². The van der Waals surface area contributed by atoms with Crippen LogP contribution < -0.4 is 20.9 Å². The second-order valence-electron chi connectivity index (χ2n) is 5.40. The minimum absolute atomic E-state index is 0.448. The Morgan fingerprint density at radius 3 is 2.54 bits per heavy atom. The second kappa shape index (κ2) is 6.01. The van der Waals surface area contributed by atoms with E-state index >= 15 is 0 Å². The molecule has 1 aromatic carbocycles. The maximum absolute atomic E-state index is 11.8. The molecule has 2 heterocycles. The molecule has 6 nitrogen and oxygen atoms in total. The van der Waals surface area contributed by atoms with E-state index in [0.29, 0.717) is 21.9 Å². The van der Waals surface area contributed by atoms with Crippen molar-refractivity contribution in [2.75, 3.05) is 0 Å². The Balaban J connectivity index is 1.91. The fraction of sp³-hybridized carbons (Fsp3) is 0.176. The quantitative estimate of drug-likeness (QED) is 0.831. The van der Waals surface area contributed by atoms with Crippen LogP contribution in [0.25, 0.3) is 6.08 Å². The molecule has 124 valence electrons. The van der Waals surface area contributed by atoms with E-state index in [0.717, 1.165) is 16.0 Å². The molecule has 2 aromatic rings. The summed E-state index contributed by atoms with van der Waals surface area (Å²) in [6.07, 6.45) is 2.15. The number of carbonyl (C=O) groups is 2. The molecule has 0 spiro atoms. The topological polar surface area (TPSA) is 105 Å². The lowest BCUT2D eigenvalue weighted by Crippen LogP contribution is -2.17. The number of ether oxygens (including phenoxy) is 2. The van der Waals surface area contributed by atoms with E-state index in [4.69, 9.17) is 20.9 Å². The molecule has 0 radical (unpaired) electrons. The van der Waals surface area contributed by atoms with Crippen molar-refractivity contribution in [3.8, 4) is 11.5 Å². The SMILES string of the molecule is Cc1sc(C2Oc3ccc(C=CC(N)=O)cc3O2)c(C(N)=O)c1C. The Hall–Kier alpha value is -2.80. The molecule has 1 unspecified atom stereocenters. The van der Waals surface area contributed by atoms with Gasteiger partial charge in [-0.2, -0.15) is 0 Å². The first-order chi connectivity index (χ1) is 11.4. The smallest absolute Gasteiger partial charge is 0.277 e. The van der Waals surface area contributed by atoms with Gasteiger partial charge >= 0.3 is 0 Å². The van der Waals surface area contributed by atoms with E-state index in [9.17, 15) is 9.59 Å². The fourth-order valence-corrected chi connectivity index (χ4v) is 3.62. The van der Waals surface area contributed by atoms with E-state index in [1.807, 2.05) is 13.8 Å². The maximum Gasteiger partial charge on any atom is 0.277 e. The Kier molecular flexibility index (Phi) is 4.02. The molecule has 0 saturated heterocycles. The summed E-state index contributed by atoms with van der Waals surface area (Å²) in [5.41, 5.74) is 12.6. The summed E-state index contributed by atoms with van der Waals surface area (Å²) < 4.78 is 11.6. The van der Waals surface area contributed by atoms with Crippen molar-refractivity contribution in [3.05, 3.63) is 50.7 Å². The number of benzene rings is 1. The number of hydrogen-bond acceptors (Lipinski definition) is 5. The van der Waals surface area contributed by atoms with Crippen LogP contribution in [0, 0.1) is 13.8 Å². The molecule has 0 bridgehead atoms. The molecule has 0 fully saturated rings. The monoisotopic (exact) mass is 344 g/mol. The largest absolute Gasteiger partial charge is 0.446 e. The van der Waals surface area contributed by atoms with Gasteiger partial charge in [0, 0.05) is 11.0 Å². The summed E-state index contributed by atoms with van der Waals surface area (Å²) >= 11 is 1.43. The Morgan fingerprint density at radius 1 is 1.17 bits per heavy atom. The van der Waals surface area contributed by atoms with Crippen molar-refractivity contribution in [3.63, 3.8) is 0 Å². The van der Waals surface area contributed by atoms with E-state index in [1.54, 1.807) is 24.3 Å². The van der Waals surface area contributed by atoms with Crippen LogP contribution in [0.1, 0.15) is 37.5 Å². The first-order valence-corrected chi connectivity index (χ1v) is 8.03. The van der Waals surface area contributed by atoms with Crippen LogP contribution in [0.2, 0.25) is 0 Å². The molecular formula is C17H16N2O4S. The van der Waals surface area contributed by atoms with E-state index < -0.39 is 18.1 Å². The highest BCUT2D eigenvalue weighted by Crippen LogP contribution is 2.44. The summed E-state index contributed by atoms with van der Waals surface area (Å²) in [6, 6.07) is 5.27. The van der Waals surface area contributed by atoms with Gasteiger partial charge in [0.05, 0.1) is 10.4 Å². The first kappa shape index (κ1) is 16.1. The molecule has 1 aliphatic rings. The van der Waals surface area contributed by atoms with Crippen molar-refractivity contribution in [2.45, 2.75) is 20.1 Å². The highest BCUT2D eigenvalue weighted by Gasteiger charge is 2.32. The van der Waals surface area contributed by atoms with Crippen LogP contribution >= 0.6 is 11.3 Å². The predicted molar refractivity (Wildman–Crippen MR) is 91.0 cm³/mol. The zero-order valence-electron chi connectivity index (χ0n) is 13.2. The summed E-state index contributed by atoms with van der Waals surface area (Å²) in [5, 5.41) is 0. The van der Waals surface area contributed by atoms with Gasteiger partial charge in [-0.05, 0) is 43.2 Å². The third kappa shape index (κ3) is 2.85. The van der Waals surface area contributed by atoms with Gasteiger partial charge in [0.25, 0.3) is 6.29 Å². The van der Waals surface area contributed by atoms with Gasteiger partial charge in [-0.1, -0.05) is 6.07 Å². The van der Waals surface area contributed by atoms with E-state index in [-0.39, 0.29) is 0 Å². The number of rotatable bonds is 4. The molecule has 24 heavy (non-hydrogen) atoms. The zero-order valence-corrected chi connectivity index (χ0v) is 14.0. The normalized spacial score (nSPS) is 15.8. The number of aryl methyl sites for hydroxylation is 1. The molecular weight excluding hydrogens is 328 g/mol. The molecule has 1 aromatic heterocycles. The lowest BCUT2D eigenvalue weighted by molar-refractivity contribution is -0.113. The Bertz CT molecular complexity index is 870. The predicted octanol–water partition coefficient (Wildman–Crippen LogP) is 2.43. The van der Waals surface area contributed by atoms with Crippen LogP contribution in [0.4, 0.5) is 0 Å². The Labute approximate surface area is 142 Å². The number of primary amides is 2. The van der Waals surface area contributed by atoms with Crippen molar-refractivity contribution in [2.24, 2.45) is 11.5 Å². The van der Waals surface area contributed by atoms with Crippen LogP contribution in [0.3, 0.4) is 0 Å². The van der Waals surface area contributed by atoms with Gasteiger partial charge in [0.2, 0.25) is 11.8 Å². The molecule has 0 saturated carbocycles. The van der Waals surface area contributed by atoms with Crippen LogP contribution in [-0.4, -0.2) is 11.8 Å². The first-order valence-electron chi connectivity index (χ1n) is 7.21. The van der Waals surface area contributed by atoms with Crippen LogP contribution in [0.15, 0.2) is 24.3 Å². The highest BCUT2D eigenvalue weighted by atomic mass is 32.1. The number of hydrogen-bond donors (Lipinski definition) is 2. The highest BCUT2D eigenvalue weighted by molar-refractivity contribution is 7.12. The summed E-state index contributed by atoms with van der Waals surface area (Å²) in [7, 11) is 0. The summed E-state index contributed by atoms with van der Waals surface area (Å²) in [4.78, 5) is 24.2. The number of amides is 2. The van der Waals surface area contributed by atoms with Crippen molar-refractivity contribution in [1.29, 1.82) is 0 Å². The molecule has 0 aliphatic carbocycles. The lowest BCUT2D eigenvalue weighted by atomic mass is 10.1. The molecule has 4 N–H and O–H groups in total. The van der Waals surface area contributed by atoms with E-state index in [2.05, 4.69) is 0 Å². The molecule has 7 heteroatoms. The maximum atomic E-state index is 11.8.